The molecule has 0 radical (unpaired) electrons. The molecule has 0 aliphatic rings. The normalized spacial score (nSPS) is 13.6. The van der Waals surface area contributed by atoms with Crippen molar-refractivity contribution in [3.63, 3.8) is 0 Å². The summed E-state index contributed by atoms with van der Waals surface area (Å²) in [5.74, 6) is 6.84. The summed E-state index contributed by atoms with van der Waals surface area (Å²) in [6, 6.07) is 0. The fourth-order valence-electron chi connectivity index (χ4n) is 0.261. The SMILES string of the molecule is C=C[CH2][Cu]([CH3])([CH3])[CH3]. The van der Waals surface area contributed by atoms with Crippen LogP contribution in [0.15, 0.2) is 12.7 Å². The number of rotatable bonds is 2. The third-order valence-corrected chi connectivity index (χ3v) is 1.88. The molecule has 0 bridgehead atoms. The second-order valence-corrected chi connectivity index (χ2v) is 7.16. The van der Waals surface area contributed by atoms with E-state index in [4.69, 9.17) is 0 Å². The van der Waals surface area contributed by atoms with Gasteiger partial charge < -0.3 is 0 Å². The van der Waals surface area contributed by atoms with Crippen LogP contribution in [0.1, 0.15) is 0 Å². The van der Waals surface area contributed by atoms with Gasteiger partial charge in [-0.3, -0.25) is 0 Å². The summed E-state index contributed by atoms with van der Waals surface area (Å²) in [6.07, 6.45) is 1.99. The first kappa shape index (κ1) is 7.26. The topological polar surface area (TPSA) is 0 Å². The quantitative estimate of drug-likeness (QED) is 0.419. The molecule has 0 unspecified atom stereocenters. The minimum absolute atomic E-state index is 0.247. The summed E-state index contributed by atoms with van der Waals surface area (Å²) in [7, 11) is 0. The van der Waals surface area contributed by atoms with Crippen LogP contribution in [0.3, 0.4) is 0 Å². The minimum atomic E-state index is -0.247. The molecular formula is C6H14Cu. The Kier molecular flexibility index (Phi) is 2.63. The Balaban J connectivity index is 3.34. The molecule has 0 saturated heterocycles. The Hall–Kier alpha value is 0.259. The molecule has 0 aliphatic heterocycles. The molecule has 0 saturated carbocycles. The molecule has 0 N–H and O–H groups in total. The van der Waals surface area contributed by atoms with E-state index in [1.807, 2.05) is 6.08 Å². The third kappa shape index (κ3) is 6.26. The first-order valence-corrected chi connectivity index (χ1v) is 5.43. The molecule has 0 aliphatic carbocycles. The van der Waals surface area contributed by atoms with Gasteiger partial charge in [-0.05, 0) is 0 Å². The summed E-state index contributed by atoms with van der Waals surface area (Å²) in [5.41, 5.74) is 0. The standard InChI is InChI=1S/C3H5.3CH3.Cu/c1-3-2;;;;/h3H,1-2H2;3*1H3;. The van der Waals surface area contributed by atoms with Gasteiger partial charge in [-0.15, -0.1) is 0 Å². The van der Waals surface area contributed by atoms with Gasteiger partial charge in [0.15, 0.2) is 0 Å². The predicted molar refractivity (Wildman–Crippen MR) is 32.6 cm³/mol. The fourth-order valence-corrected chi connectivity index (χ4v) is 1.08. The van der Waals surface area contributed by atoms with E-state index in [-0.39, 0.29) is 12.8 Å². The Morgan fingerprint density at radius 3 is 1.86 bits per heavy atom. The summed E-state index contributed by atoms with van der Waals surface area (Å²) in [6.45, 7) is 3.67. The van der Waals surface area contributed by atoms with E-state index in [1.165, 1.54) is 5.32 Å². The van der Waals surface area contributed by atoms with Crippen LogP contribution >= 0.6 is 0 Å². The van der Waals surface area contributed by atoms with Gasteiger partial charge in [0.2, 0.25) is 0 Å². The van der Waals surface area contributed by atoms with Gasteiger partial charge >= 0.3 is 48.3 Å². The molecule has 0 aromatic carbocycles. The average molecular weight is 150 g/mol. The molecular weight excluding hydrogens is 136 g/mol. The van der Waals surface area contributed by atoms with Crippen LogP contribution in [-0.2, 0) is 12.8 Å². The van der Waals surface area contributed by atoms with Gasteiger partial charge in [0.1, 0.15) is 0 Å². The Bertz CT molecular complexity index is 59.1. The average Bonchev–Trinajstić information content (AvgIpc) is 1.30. The molecule has 0 spiro atoms. The maximum atomic E-state index is 3.67. The molecule has 0 nitrogen and oxygen atoms in total. The van der Waals surface area contributed by atoms with Gasteiger partial charge in [0, 0.05) is 0 Å². The Morgan fingerprint density at radius 2 is 1.86 bits per heavy atom. The van der Waals surface area contributed by atoms with Crippen LogP contribution in [0.5, 0.6) is 0 Å². The van der Waals surface area contributed by atoms with Crippen LogP contribution in [-0.4, -0.2) is 0 Å². The van der Waals surface area contributed by atoms with Crippen LogP contribution in [0.2, 0.25) is 22.8 Å². The van der Waals surface area contributed by atoms with Crippen LogP contribution in [0.4, 0.5) is 0 Å². The summed E-state index contributed by atoms with van der Waals surface area (Å²) in [5, 5.41) is 1.18. The van der Waals surface area contributed by atoms with Gasteiger partial charge in [-0.1, -0.05) is 0 Å². The molecule has 0 heterocycles. The molecule has 0 aromatic heterocycles. The van der Waals surface area contributed by atoms with Crippen LogP contribution < -0.4 is 0 Å². The van der Waals surface area contributed by atoms with E-state index in [0.29, 0.717) is 0 Å². The van der Waals surface area contributed by atoms with Crippen molar-refractivity contribution in [2.24, 2.45) is 0 Å². The van der Waals surface area contributed by atoms with E-state index in [2.05, 4.69) is 24.0 Å². The first-order valence-electron chi connectivity index (χ1n) is 1.93. The summed E-state index contributed by atoms with van der Waals surface area (Å²) in [4.78, 5) is 0. The summed E-state index contributed by atoms with van der Waals surface area (Å²) >= 11 is -0.247. The maximum absolute atomic E-state index is 3.67. The molecule has 49 valence electrons. The molecule has 0 fully saturated rings. The van der Waals surface area contributed by atoms with E-state index in [0.717, 1.165) is 0 Å². The monoisotopic (exact) mass is 149 g/mol. The number of hydrogen-bond donors (Lipinski definition) is 0. The zero-order valence-corrected chi connectivity index (χ0v) is 6.23. The van der Waals surface area contributed by atoms with Crippen molar-refractivity contribution in [1.82, 2.24) is 0 Å². The van der Waals surface area contributed by atoms with Crippen LogP contribution in [0, 0.1) is 0 Å². The van der Waals surface area contributed by atoms with Crippen molar-refractivity contribution in [2.45, 2.75) is 22.8 Å². The van der Waals surface area contributed by atoms with Crippen molar-refractivity contribution in [3.8, 4) is 0 Å². The number of allylic oxidation sites excluding steroid dienone is 1. The van der Waals surface area contributed by atoms with E-state index >= 15 is 0 Å². The molecule has 0 rings (SSSR count). The van der Waals surface area contributed by atoms with Crippen molar-refractivity contribution >= 4 is 0 Å². The van der Waals surface area contributed by atoms with Gasteiger partial charge in [-0.2, -0.15) is 0 Å². The molecule has 1 heteroatoms. The van der Waals surface area contributed by atoms with Crippen molar-refractivity contribution in [2.75, 3.05) is 0 Å². The van der Waals surface area contributed by atoms with E-state index in [9.17, 15) is 0 Å². The zero-order chi connectivity index (χ0) is 5.91. The van der Waals surface area contributed by atoms with Crippen molar-refractivity contribution in [1.29, 1.82) is 0 Å². The van der Waals surface area contributed by atoms with Gasteiger partial charge in [0.25, 0.3) is 0 Å². The first-order chi connectivity index (χ1) is 3.06. The van der Waals surface area contributed by atoms with E-state index in [1.54, 1.807) is 0 Å². The van der Waals surface area contributed by atoms with E-state index < -0.39 is 0 Å². The second-order valence-electron chi connectivity index (χ2n) is 1.96. The third-order valence-electron chi connectivity index (χ3n) is 0.456. The Morgan fingerprint density at radius 1 is 1.43 bits per heavy atom. The molecule has 0 amide bonds. The summed E-state index contributed by atoms with van der Waals surface area (Å²) < 4.78 is 0. The number of hydrogen-bond acceptors (Lipinski definition) is 0. The van der Waals surface area contributed by atoms with Crippen molar-refractivity contribution < 1.29 is 12.8 Å². The molecule has 0 atom stereocenters. The predicted octanol–water partition coefficient (Wildman–Crippen LogP) is 2.89. The van der Waals surface area contributed by atoms with Gasteiger partial charge in [0.05, 0.1) is 0 Å². The Labute approximate surface area is 48.8 Å². The zero-order valence-electron chi connectivity index (χ0n) is 5.29. The fraction of sp³-hybridized carbons (Fsp3) is 0.667. The molecule has 7 heavy (non-hydrogen) atoms. The van der Waals surface area contributed by atoms with Crippen molar-refractivity contribution in [3.05, 3.63) is 12.7 Å². The van der Waals surface area contributed by atoms with Gasteiger partial charge in [-0.25, -0.2) is 0 Å². The molecule has 0 aromatic rings. The van der Waals surface area contributed by atoms with Crippen LogP contribution in [0.25, 0.3) is 0 Å². The second kappa shape index (κ2) is 2.54.